The summed E-state index contributed by atoms with van der Waals surface area (Å²) in [4.78, 5) is 0. The molecule has 0 aromatic carbocycles. The number of hydrogen-bond donors (Lipinski definition) is 1. The molecule has 0 saturated heterocycles. The molecule has 0 bridgehead atoms. The molecule has 1 aliphatic rings. The van der Waals surface area contributed by atoms with E-state index in [1.54, 1.807) is 0 Å². The molecular formula is C10H20O. The quantitative estimate of drug-likeness (QED) is 0.651. The number of rotatable bonds is 2. The van der Waals surface area contributed by atoms with Crippen LogP contribution in [0.15, 0.2) is 0 Å². The molecule has 1 nitrogen and oxygen atoms in total. The fourth-order valence-electron chi connectivity index (χ4n) is 1.79. The lowest BCUT2D eigenvalue weighted by Crippen LogP contribution is -2.49. The van der Waals surface area contributed by atoms with E-state index in [2.05, 4.69) is 27.7 Å². The highest BCUT2D eigenvalue weighted by Gasteiger charge is 2.45. The Hall–Kier alpha value is -0.0400. The van der Waals surface area contributed by atoms with Crippen molar-refractivity contribution in [3.05, 3.63) is 0 Å². The third kappa shape index (κ3) is 1.58. The average molecular weight is 156 g/mol. The van der Waals surface area contributed by atoms with Gasteiger partial charge in [-0.05, 0) is 30.6 Å². The Morgan fingerprint density at radius 2 is 1.64 bits per heavy atom. The van der Waals surface area contributed by atoms with Crippen LogP contribution in [0.2, 0.25) is 0 Å². The lowest BCUT2D eigenvalue weighted by molar-refractivity contribution is -0.119. The predicted molar refractivity (Wildman–Crippen MR) is 47.3 cm³/mol. The maximum atomic E-state index is 9.91. The zero-order chi connectivity index (χ0) is 8.65. The van der Waals surface area contributed by atoms with Crippen molar-refractivity contribution in [2.75, 3.05) is 0 Å². The van der Waals surface area contributed by atoms with Gasteiger partial charge in [-0.2, -0.15) is 0 Å². The monoisotopic (exact) mass is 156 g/mol. The van der Waals surface area contributed by atoms with Gasteiger partial charge >= 0.3 is 0 Å². The second kappa shape index (κ2) is 2.78. The van der Waals surface area contributed by atoms with Gasteiger partial charge in [0.15, 0.2) is 0 Å². The van der Waals surface area contributed by atoms with Crippen LogP contribution in [0.4, 0.5) is 0 Å². The molecule has 11 heavy (non-hydrogen) atoms. The van der Waals surface area contributed by atoms with Gasteiger partial charge in [-0.15, -0.1) is 0 Å². The molecule has 1 rings (SSSR count). The van der Waals surface area contributed by atoms with E-state index in [9.17, 15) is 5.11 Å². The lowest BCUT2D eigenvalue weighted by atomic mass is 9.62. The van der Waals surface area contributed by atoms with Crippen LogP contribution in [-0.2, 0) is 0 Å². The highest BCUT2D eigenvalue weighted by molar-refractivity contribution is 4.96. The Balaban J connectivity index is 2.38. The summed E-state index contributed by atoms with van der Waals surface area (Å²) in [5, 5.41) is 9.91. The molecule has 1 heteroatoms. The van der Waals surface area contributed by atoms with Crippen LogP contribution in [0.5, 0.6) is 0 Å². The summed E-state index contributed by atoms with van der Waals surface area (Å²) in [6.45, 7) is 8.70. The van der Waals surface area contributed by atoms with E-state index in [4.69, 9.17) is 0 Å². The Bertz CT molecular complexity index is 132. The summed E-state index contributed by atoms with van der Waals surface area (Å²) in [6.07, 6.45) is 2.03. The first kappa shape index (κ1) is 9.05. The normalized spacial score (nSPS) is 37.9. The molecule has 1 fully saturated rings. The fraction of sp³-hybridized carbons (Fsp3) is 1.00. The first-order valence-electron chi connectivity index (χ1n) is 4.68. The first-order valence-corrected chi connectivity index (χ1v) is 4.68. The summed E-state index contributed by atoms with van der Waals surface area (Å²) in [7, 11) is 0. The lowest BCUT2D eigenvalue weighted by Gasteiger charge is -2.48. The van der Waals surface area contributed by atoms with Crippen LogP contribution in [0.1, 0.15) is 40.5 Å². The maximum absolute atomic E-state index is 9.91. The average Bonchev–Trinajstić information content (AvgIpc) is 1.79. The van der Waals surface area contributed by atoms with Crippen molar-refractivity contribution in [3.63, 3.8) is 0 Å². The zero-order valence-corrected chi connectivity index (χ0v) is 8.09. The van der Waals surface area contributed by atoms with Crippen LogP contribution < -0.4 is 0 Å². The standard InChI is InChI=1S/C10H20O/c1-7(2)9-5-10(11,6-9)8(3)4/h7-9,11H,5-6H2,1-4H3. The van der Waals surface area contributed by atoms with Gasteiger partial charge in [0.2, 0.25) is 0 Å². The minimum absolute atomic E-state index is 0.324. The van der Waals surface area contributed by atoms with Gasteiger partial charge in [0, 0.05) is 0 Å². The van der Waals surface area contributed by atoms with Crippen molar-refractivity contribution in [3.8, 4) is 0 Å². The van der Waals surface area contributed by atoms with Gasteiger partial charge in [-0.25, -0.2) is 0 Å². The van der Waals surface area contributed by atoms with E-state index in [0.717, 1.165) is 24.7 Å². The van der Waals surface area contributed by atoms with Gasteiger partial charge in [0.25, 0.3) is 0 Å². The van der Waals surface area contributed by atoms with Crippen molar-refractivity contribution in [1.82, 2.24) is 0 Å². The molecular weight excluding hydrogens is 136 g/mol. The zero-order valence-electron chi connectivity index (χ0n) is 8.09. The van der Waals surface area contributed by atoms with Crippen LogP contribution >= 0.6 is 0 Å². The van der Waals surface area contributed by atoms with Gasteiger partial charge in [0.1, 0.15) is 0 Å². The van der Waals surface area contributed by atoms with Crippen molar-refractivity contribution < 1.29 is 5.11 Å². The van der Waals surface area contributed by atoms with Crippen molar-refractivity contribution in [2.24, 2.45) is 17.8 Å². The van der Waals surface area contributed by atoms with Crippen LogP contribution in [0.3, 0.4) is 0 Å². The molecule has 0 aromatic rings. The molecule has 0 amide bonds. The third-order valence-corrected chi connectivity index (χ3v) is 3.25. The van der Waals surface area contributed by atoms with Gasteiger partial charge in [-0.1, -0.05) is 27.7 Å². The Kier molecular flexibility index (Phi) is 2.29. The minimum atomic E-state index is -0.324. The summed E-state index contributed by atoms with van der Waals surface area (Å²) >= 11 is 0. The van der Waals surface area contributed by atoms with E-state index < -0.39 is 0 Å². The molecule has 0 aliphatic heterocycles. The van der Waals surface area contributed by atoms with E-state index in [1.165, 1.54) is 0 Å². The predicted octanol–water partition coefficient (Wildman–Crippen LogP) is 2.44. The molecule has 0 heterocycles. The topological polar surface area (TPSA) is 20.2 Å². The fourth-order valence-corrected chi connectivity index (χ4v) is 1.79. The Morgan fingerprint density at radius 1 is 1.18 bits per heavy atom. The third-order valence-electron chi connectivity index (χ3n) is 3.25. The van der Waals surface area contributed by atoms with E-state index in [-0.39, 0.29) is 5.60 Å². The molecule has 1 aliphatic carbocycles. The molecule has 1 saturated carbocycles. The Labute approximate surface area is 69.8 Å². The van der Waals surface area contributed by atoms with E-state index >= 15 is 0 Å². The minimum Gasteiger partial charge on any atom is -0.390 e. The summed E-state index contributed by atoms with van der Waals surface area (Å²) < 4.78 is 0. The summed E-state index contributed by atoms with van der Waals surface area (Å²) in [6, 6.07) is 0. The van der Waals surface area contributed by atoms with Gasteiger partial charge < -0.3 is 5.11 Å². The SMILES string of the molecule is CC(C)C1CC(O)(C(C)C)C1. The van der Waals surface area contributed by atoms with Crippen LogP contribution in [0.25, 0.3) is 0 Å². The molecule has 0 atom stereocenters. The number of hydrogen-bond acceptors (Lipinski definition) is 1. The molecule has 0 aromatic heterocycles. The maximum Gasteiger partial charge on any atom is 0.0676 e. The second-order valence-electron chi connectivity index (χ2n) is 4.67. The molecule has 0 spiro atoms. The molecule has 66 valence electrons. The van der Waals surface area contributed by atoms with Crippen LogP contribution in [0, 0.1) is 17.8 Å². The van der Waals surface area contributed by atoms with Gasteiger partial charge in [-0.3, -0.25) is 0 Å². The van der Waals surface area contributed by atoms with Crippen molar-refractivity contribution in [1.29, 1.82) is 0 Å². The Morgan fingerprint density at radius 3 is 1.91 bits per heavy atom. The largest absolute Gasteiger partial charge is 0.390 e. The highest BCUT2D eigenvalue weighted by atomic mass is 16.3. The second-order valence-corrected chi connectivity index (χ2v) is 4.67. The smallest absolute Gasteiger partial charge is 0.0676 e. The molecule has 1 N–H and O–H groups in total. The highest BCUT2D eigenvalue weighted by Crippen LogP contribution is 2.46. The van der Waals surface area contributed by atoms with Crippen molar-refractivity contribution in [2.45, 2.75) is 46.1 Å². The molecule has 0 unspecified atom stereocenters. The summed E-state index contributed by atoms with van der Waals surface area (Å²) in [5.74, 6) is 1.94. The summed E-state index contributed by atoms with van der Waals surface area (Å²) in [5.41, 5.74) is -0.324. The van der Waals surface area contributed by atoms with Crippen LogP contribution in [-0.4, -0.2) is 10.7 Å². The van der Waals surface area contributed by atoms with E-state index in [1.807, 2.05) is 0 Å². The van der Waals surface area contributed by atoms with E-state index in [0.29, 0.717) is 5.92 Å². The first-order chi connectivity index (χ1) is 4.96. The number of aliphatic hydroxyl groups is 1. The molecule has 0 radical (unpaired) electrons. The van der Waals surface area contributed by atoms with Crippen molar-refractivity contribution >= 4 is 0 Å². The van der Waals surface area contributed by atoms with Gasteiger partial charge in [0.05, 0.1) is 5.60 Å².